The fraction of sp³-hybridized carbons (Fsp3) is 0.588. The molecule has 1 aromatic carbocycles. The second kappa shape index (κ2) is 5.96. The standard InChI is InChI=1S/C17H25NO3/c1-12(2)20-15-8-6-13(7-9-15)14-10-18(11-14)16(19)21-17(3,4)5/h6-9,12,14H,10-11H2,1-5H3. The van der Waals surface area contributed by atoms with Gasteiger partial charge in [-0.25, -0.2) is 4.79 Å². The van der Waals surface area contributed by atoms with Crippen molar-refractivity contribution in [1.29, 1.82) is 0 Å². The van der Waals surface area contributed by atoms with Crippen LogP contribution in [0.3, 0.4) is 0 Å². The van der Waals surface area contributed by atoms with Crippen molar-refractivity contribution in [1.82, 2.24) is 4.90 Å². The van der Waals surface area contributed by atoms with Crippen LogP contribution in [0.1, 0.15) is 46.1 Å². The predicted octanol–water partition coefficient (Wildman–Crippen LogP) is 3.81. The highest BCUT2D eigenvalue weighted by atomic mass is 16.6. The van der Waals surface area contributed by atoms with Gasteiger partial charge in [0.05, 0.1) is 6.10 Å². The van der Waals surface area contributed by atoms with Crippen LogP contribution in [0, 0.1) is 0 Å². The summed E-state index contributed by atoms with van der Waals surface area (Å²) in [4.78, 5) is 13.6. The van der Waals surface area contributed by atoms with Crippen LogP contribution < -0.4 is 4.74 Å². The molecule has 0 unspecified atom stereocenters. The van der Waals surface area contributed by atoms with E-state index in [1.54, 1.807) is 4.90 Å². The first-order chi connectivity index (χ1) is 9.74. The topological polar surface area (TPSA) is 38.8 Å². The van der Waals surface area contributed by atoms with Gasteiger partial charge in [-0.1, -0.05) is 12.1 Å². The number of rotatable bonds is 3. The van der Waals surface area contributed by atoms with Gasteiger partial charge in [-0.05, 0) is 52.3 Å². The summed E-state index contributed by atoms with van der Waals surface area (Å²) in [6.45, 7) is 11.1. The zero-order valence-corrected chi connectivity index (χ0v) is 13.6. The lowest BCUT2D eigenvalue weighted by Crippen LogP contribution is -2.50. The fourth-order valence-corrected chi connectivity index (χ4v) is 2.26. The highest BCUT2D eigenvalue weighted by Gasteiger charge is 2.34. The lowest BCUT2D eigenvalue weighted by molar-refractivity contribution is 0.00818. The van der Waals surface area contributed by atoms with Gasteiger partial charge < -0.3 is 14.4 Å². The van der Waals surface area contributed by atoms with E-state index in [9.17, 15) is 4.79 Å². The molecule has 116 valence electrons. The van der Waals surface area contributed by atoms with Crippen molar-refractivity contribution in [2.24, 2.45) is 0 Å². The van der Waals surface area contributed by atoms with E-state index in [4.69, 9.17) is 9.47 Å². The Morgan fingerprint density at radius 2 is 1.76 bits per heavy atom. The molecule has 0 aliphatic carbocycles. The Kier molecular flexibility index (Phi) is 4.45. The second-order valence-corrected chi connectivity index (χ2v) is 6.82. The Morgan fingerprint density at radius 1 is 1.19 bits per heavy atom. The molecule has 0 atom stereocenters. The summed E-state index contributed by atoms with van der Waals surface area (Å²) >= 11 is 0. The van der Waals surface area contributed by atoms with Gasteiger partial charge in [0.2, 0.25) is 0 Å². The molecule has 1 fully saturated rings. The van der Waals surface area contributed by atoms with Crippen LogP contribution in [0.5, 0.6) is 5.75 Å². The number of benzene rings is 1. The predicted molar refractivity (Wildman–Crippen MR) is 82.8 cm³/mol. The summed E-state index contributed by atoms with van der Waals surface area (Å²) in [7, 11) is 0. The zero-order valence-electron chi connectivity index (χ0n) is 13.6. The number of amides is 1. The van der Waals surface area contributed by atoms with Crippen molar-refractivity contribution >= 4 is 6.09 Å². The summed E-state index contributed by atoms with van der Waals surface area (Å²) in [5.74, 6) is 1.28. The van der Waals surface area contributed by atoms with Gasteiger partial charge >= 0.3 is 6.09 Å². The van der Waals surface area contributed by atoms with E-state index in [2.05, 4.69) is 12.1 Å². The Labute approximate surface area is 127 Å². The van der Waals surface area contributed by atoms with Gasteiger partial charge in [-0.3, -0.25) is 0 Å². The molecule has 0 spiro atoms. The molecular weight excluding hydrogens is 266 g/mol. The number of hydrogen-bond acceptors (Lipinski definition) is 3. The number of likely N-dealkylation sites (tertiary alicyclic amines) is 1. The van der Waals surface area contributed by atoms with Crippen molar-refractivity contribution < 1.29 is 14.3 Å². The third-order valence-corrected chi connectivity index (χ3v) is 3.26. The van der Waals surface area contributed by atoms with Gasteiger partial charge in [0.25, 0.3) is 0 Å². The van der Waals surface area contributed by atoms with E-state index >= 15 is 0 Å². The minimum Gasteiger partial charge on any atom is -0.491 e. The van der Waals surface area contributed by atoms with Crippen LogP contribution in [-0.4, -0.2) is 35.8 Å². The lowest BCUT2D eigenvalue weighted by atomic mass is 9.92. The van der Waals surface area contributed by atoms with Crippen LogP contribution in [0.4, 0.5) is 4.79 Å². The first kappa shape index (κ1) is 15.7. The summed E-state index contributed by atoms with van der Waals surface area (Å²) < 4.78 is 11.0. The molecule has 0 N–H and O–H groups in total. The zero-order chi connectivity index (χ0) is 15.6. The monoisotopic (exact) mass is 291 g/mol. The third-order valence-electron chi connectivity index (χ3n) is 3.26. The average Bonchev–Trinajstić information content (AvgIpc) is 2.26. The number of hydrogen-bond donors (Lipinski definition) is 0. The molecule has 0 bridgehead atoms. The Morgan fingerprint density at radius 3 is 2.24 bits per heavy atom. The van der Waals surface area contributed by atoms with E-state index in [1.165, 1.54) is 5.56 Å². The second-order valence-electron chi connectivity index (χ2n) is 6.82. The van der Waals surface area contributed by atoms with Gasteiger partial charge in [-0.15, -0.1) is 0 Å². The number of carbonyl (C=O) groups excluding carboxylic acids is 1. The highest BCUT2D eigenvalue weighted by molar-refractivity contribution is 5.69. The first-order valence-corrected chi connectivity index (χ1v) is 7.49. The summed E-state index contributed by atoms with van der Waals surface area (Å²) in [5.41, 5.74) is 0.809. The minimum absolute atomic E-state index is 0.183. The molecule has 0 radical (unpaired) electrons. The molecule has 0 aromatic heterocycles. The van der Waals surface area contributed by atoms with Crippen molar-refractivity contribution in [3.8, 4) is 5.75 Å². The SMILES string of the molecule is CC(C)Oc1ccc(C2CN(C(=O)OC(C)(C)C)C2)cc1. The van der Waals surface area contributed by atoms with Gasteiger partial charge in [-0.2, -0.15) is 0 Å². The maximum absolute atomic E-state index is 11.9. The van der Waals surface area contributed by atoms with E-state index in [1.807, 2.05) is 46.8 Å². The van der Waals surface area contributed by atoms with Gasteiger partial charge in [0.1, 0.15) is 11.4 Å². The van der Waals surface area contributed by atoms with E-state index in [0.717, 1.165) is 18.8 Å². The maximum Gasteiger partial charge on any atom is 0.410 e. The van der Waals surface area contributed by atoms with E-state index in [0.29, 0.717) is 5.92 Å². The maximum atomic E-state index is 11.9. The Hall–Kier alpha value is -1.71. The van der Waals surface area contributed by atoms with Crippen molar-refractivity contribution in [3.63, 3.8) is 0 Å². The van der Waals surface area contributed by atoms with E-state index in [-0.39, 0.29) is 12.2 Å². The third kappa shape index (κ3) is 4.38. The highest BCUT2D eigenvalue weighted by Crippen LogP contribution is 2.29. The molecule has 1 aromatic rings. The fourth-order valence-electron chi connectivity index (χ4n) is 2.26. The van der Waals surface area contributed by atoms with Crippen molar-refractivity contribution in [2.45, 2.75) is 52.2 Å². The molecule has 4 nitrogen and oxygen atoms in total. The van der Waals surface area contributed by atoms with Gasteiger partial charge in [0.15, 0.2) is 0 Å². The van der Waals surface area contributed by atoms with Crippen LogP contribution in [0.15, 0.2) is 24.3 Å². The Balaban J connectivity index is 1.85. The smallest absolute Gasteiger partial charge is 0.410 e. The molecule has 2 rings (SSSR count). The summed E-state index contributed by atoms with van der Waals surface area (Å²) in [6, 6.07) is 8.14. The van der Waals surface area contributed by atoms with Crippen LogP contribution in [-0.2, 0) is 4.74 Å². The molecule has 1 aliphatic rings. The molecule has 4 heteroatoms. The molecule has 1 heterocycles. The van der Waals surface area contributed by atoms with Crippen molar-refractivity contribution in [2.75, 3.05) is 13.1 Å². The first-order valence-electron chi connectivity index (χ1n) is 7.49. The molecule has 1 amide bonds. The molecule has 21 heavy (non-hydrogen) atoms. The van der Waals surface area contributed by atoms with Crippen LogP contribution >= 0.6 is 0 Å². The number of ether oxygens (including phenoxy) is 2. The summed E-state index contributed by atoms with van der Waals surface area (Å²) in [6.07, 6.45) is -0.0410. The quantitative estimate of drug-likeness (QED) is 0.850. The number of carbonyl (C=O) groups is 1. The molecule has 1 saturated heterocycles. The average molecular weight is 291 g/mol. The molecule has 1 aliphatic heterocycles. The van der Waals surface area contributed by atoms with Crippen LogP contribution in [0.2, 0.25) is 0 Å². The largest absolute Gasteiger partial charge is 0.491 e. The minimum atomic E-state index is -0.433. The van der Waals surface area contributed by atoms with E-state index < -0.39 is 5.60 Å². The lowest BCUT2D eigenvalue weighted by Gasteiger charge is -2.40. The van der Waals surface area contributed by atoms with Crippen molar-refractivity contribution in [3.05, 3.63) is 29.8 Å². The number of nitrogens with zero attached hydrogens (tertiary/aromatic N) is 1. The molecular formula is C17H25NO3. The normalized spacial score (nSPS) is 15.8. The summed E-state index contributed by atoms with van der Waals surface area (Å²) in [5, 5.41) is 0. The molecule has 0 saturated carbocycles. The van der Waals surface area contributed by atoms with Gasteiger partial charge in [0, 0.05) is 19.0 Å². The Bertz CT molecular complexity index is 482. The van der Waals surface area contributed by atoms with Crippen LogP contribution in [0.25, 0.3) is 0 Å².